The van der Waals surface area contributed by atoms with E-state index in [-0.39, 0.29) is 0 Å². The zero-order chi connectivity index (χ0) is 16.3. The van der Waals surface area contributed by atoms with Crippen molar-refractivity contribution in [2.24, 2.45) is 0 Å². The van der Waals surface area contributed by atoms with Crippen molar-refractivity contribution in [2.75, 3.05) is 13.1 Å². The second-order valence-electron chi connectivity index (χ2n) is 6.02. The number of carbonyl (C=O) groups is 1. The molecule has 3 rings (SSSR count). The summed E-state index contributed by atoms with van der Waals surface area (Å²) in [5, 5.41) is 10.2. The highest BCUT2D eigenvalue weighted by molar-refractivity contribution is 6.29. The number of likely N-dealkylation sites (tertiary alicyclic amines) is 1. The lowest BCUT2D eigenvalue weighted by Gasteiger charge is -2.39. The Morgan fingerprint density at radius 1 is 1.17 bits per heavy atom. The number of carboxylic acid groups (broad SMARTS) is 1. The van der Waals surface area contributed by atoms with Crippen LogP contribution >= 0.6 is 11.6 Å². The second-order valence-corrected chi connectivity index (χ2v) is 6.41. The van der Waals surface area contributed by atoms with Gasteiger partial charge in [0, 0.05) is 12.7 Å². The van der Waals surface area contributed by atoms with Gasteiger partial charge in [-0.1, -0.05) is 48.0 Å². The normalized spacial score (nSPS) is 17.8. The number of piperidine rings is 1. The van der Waals surface area contributed by atoms with Crippen molar-refractivity contribution in [3.8, 4) is 0 Å². The van der Waals surface area contributed by atoms with Crippen LogP contribution in [0.2, 0.25) is 5.15 Å². The van der Waals surface area contributed by atoms with Crippen LogP contribution in [0.3, 0.4) is 0 Å². The smallest absolute Gasteiger partial charge is 0.314 e. The molecular formula is C18H19ClN2O2. The molecule has 0 atom stereocenters. The maximum Gasteiger partial charge on any atom is 0.314 e. The first-order chi connectivity index (χ1) is 11.1. The summed E-state index contributed by atoms with van der Waals surface area (Å²) in [5.74, 6) is -0.777. The summed E-state index contributed by atoms with van der Waals surface area (Å²) in [6, 6.07) is 13.7. The van der Waals surface area contributed by atoms with Crippen LogP contribution in [0.15, 0.2) is 48.7 Å². The van der Waals surface area contributed by atoms with E-state index in [9.17, 15) is 9.90 Å². The van der Waals surface area contributed by atoms with E-state index in [0.29, 0.717) is 18.0 Å². The molecular weight excluding hydrogens is 312 g/mol. The summed E-state index contributed by atoms with van der Waals surface area (Å²) < 4.78 is 0. The molecule has 0 saturated carbocycles. The van der Waals surface area contributed by atoms with Crippen LogP contribution in [0.1, 0.15) is 24.0 Å². The fraction of sp³-hybridized carbons (Fsp3) is 0.333. The minimum Gasteiger partial charge on any atom is -0.481 e. The molecule has 1 aliphatic heterocycles. The van der Waals surface area contributed by atoms with Crippen LogP contribution in [0.25, 0.3) is 0 Å². The van der Waals surface area contributed by atoms with Gasteiger partial charge in [0.2, 0.25) is 0 Å². The second kappa shape index (κ2) is 6.69. The van der Waals surface area contributed by atoms with Gasteiger partial charge < -0.3 is 5.11 Å². The highest BCUT2D eigenvalue weighted by atomic mass is 35.5. The third-order valence-corrected chi connectivity index (χ3v) is 4.87. The number of aromatic nitrogens is 1. The molecule has 4 nitrogen and oxygen atoms in total. The number of hydrogen-bond acceptors (Lipinski definition) is 3. The standard InChI is InChI=1S/C18H19ClN2O2/c19-16-7-6-15(12-20-16)18(17(22)23)8-10-21(11-9-18)13-14-4-2-1-3-5-14/h1-7,12H,8-11,13H2,(H,22,23). The molecule has 0 amide bonds. The number of pyridine rings is 1. The zero-order valence-electron chi connectivity index (χ0n) is 12.8. The molecule has 23 heavy (non-hydrogen) atoms. The van der Waals surface area contributed by atoms with Gasteiger partial charge in [-0.25, -0.2) is 4.98 Å². The number of benzene rings is 1. The molecule has 120 valence electrons. The molecule has 1 fully saturated rings. The summed E-state index contributed by atoms with van der Waals surface area (Å²) in [7, 11) is 0. The number of hydrogen-bond donors (Lipinski definition) is 1. The Labute approximate surface area is 140 Å². The van der Waals surface area contributed by atoms with Crippen LogP contribution < -0.4 is 0 Å². The first-order valence-electron chi connectivity index (χ1n) is 7.72. The average Bonchev–Trinajstić information content (AvgIpc) is 2.57. The maximum atomic E-state index is 11.9. The van der Waals surface area contributed by atoms with E-state index in [0.717, 1.165) is 25.2 Å². The molecule has 0 bridgehead atoms. The molecule has 1 aliphatic rings. The molecule has 1 N–H and O–H groups in total. The van der Waals surface area contributed by atoms with Crippen molar-refractivity contribution < 1.29 is 9.90 Å². The van der Waals surface area contributed by atoms with Crippen LogP contribution in [-0.2, 0) is 16.8 Å². The lowest BCUT2D eigenvalue weighted by Crippen LogP contribution is -2.47. The molecule has 1 aromatic heterocycles. The van der Waals surface area contributed by atoms with Crippen molar-refractivity contribution in [1.82, 2.24) is 9.88 Å². The molecule has 0 spiro atoms. The van der Waals surface area contributed by atoms with Gasteiger partial charge >= 0.3 is 5.97 Å². The monoisotopic (exact) mass is 330 g/mol. The van der Waals surface area contributed by atoms with Gasteiger partial charge in [-0.3, -0.25) is 9.69 Å². The van der Waals surface area contributed by atoms with Crippen molar-refractivity contribution in [1.29, 1.82) is 0 Å². The predicted molar refractivity (Wildman–Crippen MR) is 89.5 cm³/mol. The van der Waals surface area contributed by atoms with Crippen LogP contribution in [0, 0.1) is 0 Å². The third-order valence-electron chi connectivity index (χ3n) is 4.65. The first kappa shape index (κ1) is 16.0. The van der Waals surface area contributed by atoms with Crippen molar-refractivity contribution in [2.45, 2.75) is 24.8 Å². The molecule has 2 heterocycles. The van der Waals surface area contributed by atoms with Gasteiger partial charge in [-0.15, -0.1) is 0 Å². The van der Waals surface area contributed by atoms with Crippen molar-refractivity contribution in [3.05, 3.63) is 64.9 Å². The van der Waals surface area contributed by atoms with E-state index >= 15 is 0 Å². The average molecular weight is 331 g/mol. The first-order valence-corrected chi connectivity index (χ1v) is 8.10. The van der Waals surface area contributed by atoms with Gasteiger partial charge in [0.05, 0.1) is 5.41 Å². The summed E-state index contributed by atoms with van der Waals surface area (Å²) >= 11 is 5.82. The van der Waals surface area contributed by atoms with Crippen molar-refractivity contribution in [3.63, 3.8) is 0 Å². The van der Waals surface area contributed by atoms with E-state index in [1.165, 1.54) is 5.56 Å². The van der Waals surface area contributed by atoms with E-state index in [1.54, 1.807) is 18.3 Å². The van der Waals surface area contributed by atoms with E-state index in [2.05, 4.69) is 22.0 Å². The Bertz CT molecular complexity index is 665. The Morgan fingerprint density at radius 3 is 2.43 bits per heavy atom. The molecule has 5 heteroatoms. The largest absolute Gasteiger partial charge is 0.481 e. The van der Waals surface area contributed by atoms with Crippen LogP contribution in [-0.4, -0.2) is 34.0 Å². The maximum absolute atomic E-state index is 11.9. The predicted octanol–water partition coefficient (Wildman–Crippen LogP) is 3.35. The lowest BCUT2D eigenvalue weighted by atomic mass is 9.73. The topological polar surface area (TPSA) is 53.4 Å². The van der Waals surface area contributed by atoms with Gasteiger partial charge in [0.1, 0.15) is 5.15 Å². The lowest BCUT2D eigenvalue weighted by molar-refractivity contribution is -0.146. The number of rotatable bonds is 4. The quantitative estimate of drug-likeness (QED) is 0.873. The molecule has 0 unspecified atom stereocenters. The number of halogens is 1. The Morgan fingerprint density at radius 2 is 1.87 bits per heavy atom. The highest BCUT2D eigenvalue weighted by Gasteiger charge is 2.43. The van der Waals surface area contributed by atoms with Gasteiger partial charge in [-0.2, -0.15) is 0 Å². The molecule has 0 radical (unpaired) electrons. The fourth-order valence-electron chi connectivity index (χ4n) is 3.22. The van der Waals surface area contributed by atoms with E-state index < -0.39 is 11.4 Å². The zero-order valence-corrected chi connectivity index (χ0v) is 13.5. The summed E-state index contributed by atoms with van der Waals surface area (Å²) in [6.45, 7) is 2.36. The minimum absolute atomic E-state index is 0.385. The third kappa shape index (κ3) is 3.38. The van der Waals surface area contributed by atoms with Gasteiger partial charge in [0.15, 0.2) is 0 Å². The number of nitrogens with zero attached hydrogens (tertiary/aromatic N) is 2. The molecule has 2 aromatic rings. The summed E-state index contributed by atoms with van der Waals surface area (Å²) in [4.78, 5) is 18.3. The van der Waals surface area contributed by atoms with E-state index in [1.807, 2.05) is 18.2 Å². The summed E-state index contributed by atoms with van der Waals surface area (Å²) in [6.07, 6.45) is 2.76. The highest BCUT2D eigenvalue weighted by Crippen LogP contribution is 2.36. The Hall–Kier alpha value is -1.91. The minimum atomic E-state index is -0.856. The fourth-order valence-corrected chi connectivity index (χ4v) is 3.33. The number of aliphatic carboxylic acids is 1. The van der Waals surface area contributed by atoms with Crippen LogP contribution in [0.5, 0.6) is 0 Å². The van der Waals surface area contributed by atoms with Gasteiger partial charge in [0.25, 0.3) is 0 Å². The van der Waals surface area contributed by atoms with E-state index in [4.69, 9.17) is 11.6 Å². The number of carboxylic acids is 1. The molecule has 1 aromatic carbocycles. The molecule has 1 saturated heterocycles. The SMILES string of the molecule is O=C(O)C1(c2ccc(Cl)nc2)CCN(Cc2ccccc2)CC1. The van der Waals surface area contributed by atoms with Crippen molar-refractivity contribution >= 4 is 17.6 Å². The van der Waals surface area contributed by atoms with Gasteiger partial charge in [-0.05, 0) is 43.1 Å². The molecule has 0 aliphatic carbocycles. The van der Waals surface area contributed by atoms with Crippen LogP contribution in [0.4, 0.5) is 0 Å². The Balaban J connectivity index is 1.73. The summed E-state index contributed by atoms with van der Waals surface area (Å²) in [5.41, 5.74) is 1.14. The Kier molecular flexibility index (Phi) is 4.64.